The van der Waals surface area contributed by atoms with Gasteiger partial charge in [-0.1, -0.05) is 12.1 Å². The van der Waals surface area contributed by atoms with Gasteiger partial charge >= 0.3 is 0 Å². The lowest BCUT2D eigenvalue weighted by molar-refractivity contribution is 0.337. The minimum Gasteiger partial charge on any atom is -0.497 e. The number of hydrogen-bond donors (Lipinski definition) is 1. The zero-order valence-corrected chi connectivity index (χ0v) is 15.3. The Hall–Kier alpha value is -1.57. The highest BCUT2D eigenvalue weighted by molar-refractivity contribution is 9.10. The molecule has 1 N–H and O–H groups in total. The molecule has 5 nitrogen and oxygen atoms in total. The first-order valence-electron chi connectivity index (χ1n) is 7.01. The van der Waals surface area contributed by atoms with Crippen LogP contribution in [-0.2, 0) is 16.6 Å². The molecular weight excluding hydrogens is 382 g/mol. The molecule has 0 spiro atoms. The van der Waals surface area contributed by atoms with Crippen LogP contribution in [0.2, 0.25) is 0 Å². The van der Waals surface area contributed by atoms with E-state index in [9.17, 15) is 8.42 Å². The smallest absolute Gasteiger partial charge is 0.241 e. The van der Waals surface area contributed by atoms with Gasteiger partial charge in [0.05, 0.1) is 23.1 Å². The SMILES string of the molecule is CCOc1cc(S(=O)(=O)NCc2ccc(OC)cc2)ccc1Br. The van der Waals surface area contributed by atoms with E-state index in [2.05, 4.69) is 20.7 Å². The van der Waals surface area contributed by atoms with E-state index < -0.39 is 10.0 Å². The topological polar surface area (TPSA) is 64.6 Å². The quantitative estimate of drug-likeness (QED) is 0.775. The van der Waals surface area contributed by atoms with Crippen LogP contribution in [0.1, 0.15) is 12.5 Å². The van der Waals surface area contributed by atoms with Crippen molar-refractivity contribution in [3.63, 3.8) is 0 Å². The van der Waals surface area contributed by atoms with E-state index in [1.807, 2.05) is 19.1 Å². The first-order chi connectivity index (χ1) is 11.0. The van der Waals surface area contributed by atoms with Gasteiger partial charge in [-0.15, -0.1) is 0 Å². The summed E-state index contributed by atoms with van der Waals surface area (Å²) in [6.45, 7) is 2.50. The molecule has 2 rings (SSSR count). The van der Waals surface area contributed by atoms with Crippen LogP contribution in [-0.4, -0.2) is 22.1 Å². The summed E-state index contributed by atoms with van der Waals surface area (Å²) < 4.78 is 38.6. The van der Waals surface area contributed by atoms with Gasteiger partial charge in [-0.3, -0.25) is 0 Å². The number of methoxy groups -OCH3 is 1. The van der Waals surface area contributed by atoms with Crippen molar-refractivity contribution in [1.29, 1.82) is 0 Å². The zero-order valence-electron chi connectivity index (χ0n) is 12.9. The molecule has 0 saturated carbocycles. The molecule has 124 valence electrons. The van der Waals surface area contributed by atoms with Crippen molar-refractivity contribution >= 4 is 26.0 Å². The van der Waals surface area contributed by atoms with Crippen molar-refractivity contribution < 1.29 is 17.9 Å². The fourth-order valence-electron chi connectivity index (χ4n) is 1.92. The molecule has 0 aromatic heterocycles. The summed E-state index contributed by atoms with van der Waals surface area (Å²) in [5.41, 5.74) is 0.844. The van der Waals surface area contributed by atoms with Crippen molar-refractivity contribution in [1.82, 2.24) is 4.72 Å². The minimum absolute atomic E-state index is 0.165. The maximum Gasteiger partial charge on any atom is 0.241 e. The number of rotatable bonds is 7. The second-order valence-electron chi connectivity index (χ2n) is 4.70. The Bertz CT molecular complexity index is 760. The van der Waals surface area contributed by atoms with E-state index >= 15 is 0 Å². The molecule has 0 aliphatic rings. The highest BCUT2D eigenvalue weighted by atomic mass is 79.9. The second-order valence-corrected chi connectivity index (χ2v) is 7.32. The van der Waals surface area contributed by atoms with Crippen LogP contribution < -0.4 is 14.2 Å². The summed E-state index contributed by atoms with van der Waals surface area (Å²) in [5, 5.41) is 0. The Morgan fingerprint density at radius 2 is 1.83 bits per heavy atom. The Kier molecular flexibility index (Phi) is 6.04. The van der Waals surface area contributed by atoms with Gasteiger partial charge in [0.2, 0.25) is 10.0 Å². The van der Waals surface area contributed by atoms with Crippen molar-refractivity contribution in [3.8, 4) is 11.5 Å². The monoisotopic (exact) mass is 399 g/mol. The van der Waals surface area contributed by atoms with Crippen LogP contribution in [0.15, 0.2) is 51.8 Å². The molecular formula is C16H18BrNO4S. The molecule has 0 aliphatic heterocycles. The Morgan fingerprint density at radius 3 is 2.43 bits per heavy atom. The van der Waals surface area contributed by atoms with Crippen LogP contribution in [0, 0.1) is 0 Å². The largest absolute Gasteiger partial charge is 0.497 e. The summed E-state index contributed by atoms with van der Waals surface area (Å²) in [6, 6.07) is 11.9. The predicted octanol–water partition coefficient (Wildman–Crippen LogP) is 3.33. The number of nitrogens with one attached hydrogen (secondary N) is 1. The maximum absolute atomic E-state index is 12.4. The van der Waals surface area contributed by atoms with Crippen LogP contribution in [0.25, 0.3) is 0 Å². The van der Waals surface area contributed by atoms with Gasteiger partial charge in [0.1, 0.15) is 11.5 Å². The molecule has 0 atom stereocenters. The Labute approximate surface area is 144 Å². The predicted molar refractivity (Wildman–Crippen MR) is 92.3 cm³/mol. The fraction of sp³-hybridized carbons (Fsp3) is 0.250. The fourth-order valence-corrected chi connectivity index (χ4v) is 3.32. The van der Waals surface area contributed by atoms with Crippen molar-refractivity contribution in [3.05, 3.63) is 52.5 Å². The number of halogens is 1. The maximum atomic E-state index is 12.4. The summed E-state index contributed by atoms with van der Waals surface area (Å²) in [6.07, 6.45) is 0. The summed E-state index contributed by atoms with van der Waals surface area (Å²) >= 11 is 3.34. The molecule has 0 saturated heterocycles. The van der Waals surface area contributed by atoms with E-state index in [4.69, 9.17) is 9.47 Å². The van der Waals surface area contributed by atoms with E-state index in [-0.39, 0.29) is 11.4 Å². The number of benzene rings is 2. The van der Waals surface area contributed by atoms with E-state index in [1.165, 1.54) is 12.1 Å². The van der Waals surface area contributed by atoms with Gasteiger partial charge in [-0.25, -0.2) is 13.1 Å². The van der Waals surface area contributed by atoms with Gasteiger partial charge in [0, 0.05) is 12.6 Å². The zero-order chi connectivity index (χ0) is 16.9. The van der Waals surface area contributed by atoms with Crippen LogP contribution in [0.3, 0.4) is 0 Å². The molecule has 23 heavy (non-hydrogen) atoms. The Balaban J connectivity index is 2.13. The molecule has 2 aromatic carbocycles. The molecule has 0 bridgehead atoms. The molecule has 0 heterocycles. The van der Waals surface area contributed by atoms with Gasteiger partial charge in [0.25, 0.3) is 0 Å². The molecule has 0 aliphatic carbocycles. The highest BCUT2D eigenvalue weighted by Gasteiger charge is 2.16. The summed E-state index contributed by atoms with van der Waals surface area (Å²) in [4.78, 5) is 0.165. The molecule has 2 aromatic rings. The lowest BCUT2D eigenvalue weighted by Gasteiger charge is -2.10. The van der Waals surface area contributed by atoms with Gasteiger partial charge < -0.3 is 9.47 Å². The second kappa shape index (κ2) is 7.81. The summed E-state index contributed by atoms with van der Waals surface area (Å²) in [5.74, 6) is 1.23. The van der Waals surface area contributed by atoms with Crippen LogP contribution in [0.5, 0.6) is 11.5 Å². The first-order valence-corrected chi connectivity index (χ1v) is 9.29. The van der Waals surface area contributed by atoms with Crippen LogP contribution >= 0.6 is 15.9 Å². The average Bonchev–Trinajstić information content (AvgIpc) is 2.55. The third-order valence-corrected chi connectivity index (χ3v) is 5.19. The lowest BCUT2D eigenvalue weighted by Crippen LogP contribution is -2.23. The van der Waals surface area contributed by atoms with Gasteiger partial charge in [0.15, 0.2) is 0 Å². The molecule has 7 heteroatoms. The lowest BCUT2D eigenvalue weighted by atomic mass is 10.2. The van der Waals surface area contributed by atoms with Crippen LogP contribution in [0.4, 0.5) is 0 Å². The van der Waals surface area contributed by atoms with Crippen molar-refractivity contribution in [2.24, 2.45) is 0 Å². The van der Waals surface area contributed by atoms with Crippen molar-refractivity contribution in [2.75, 3.05) is 13.7 Å². The third-order valence-electron chi connectivity index (χ3n) is 3.14. The van der Waals surface area contributed by atoms with Gasteiger partial charge in [-0.05, 0) is 52.7 Å². The first kappa shape index (κ1) is 17.8. The number of ether oxygens (including phenoxy) is 2. The van der Waals surface area contributed by atoms with E-state index in [0.29, 0.717) is 16.8 Å². The number of sulfonamides is 1. The molecule has 0 amide bonds. The normalized spacial score (nSPS) is 11.3. The number of hydrogen-bond acceptors (Lipinski definition) is 4. The Morgan fingerprint density at radius 1 is 1.13 bits per heavy atom. The molecule has 0 fully saturated rings. The molecule has 0 unspecified atom stereocenters. The van der Waals surface area contributed by atoms with E-state index in [1.54, 1.807) is 25.3 Å². The van der Waals surface area contributed by atoms with Crippen molar-refractivity contribution in [2.45, 2.75) is 18.4 Å². The summed E-state index contributed by atoms with van der Waals surface area (Å²) in [7, 11) is -2.03. The molecule has 0 radical (unpaired) electrons. The van der Waals surface area contributed by atoms with Gasteiger partial charge in [-0.2, -0.15) is 0 Å². The highest BCUT2D eigenvalue weighted by Crippen LogP contribution is 2.28. The average molecular weight is 400 g/mol. The van der Waals surface area contributed by atoms with E-state index in [0.717, 1.165) is 11.3 Å². The standard InChI is InChI=1S/C16H18BrNO4S/c1-3-22-16-10-14(8-9-15(16)17)23(19,20)18-11-12-4-6-13(21-2)7-5-12/h4-10,18H,3,11H2,1-2H3. The third kappa shape index (κ3) is 4.70. The minimum atomic E-state index is -3.61.